The fourth-order valence-electron chi connectivity index (χ4n) is 2.39. The number of hydrogen-bond acceptors (Lipinski definition) is 2. The number of benzene rings is 2. The summed E-state index contributed by atoms with van der Waals surface area (Å²) >= 11 is 0. The summed E-state index contributed by atoms with van der Waals surface area (Å²) in [7, 11) is 0. The summed E-state index contributed by atoms with van der Waals surface area (Å²) in [6.45, 7) is 4.11. The molecule has 0 saturated heterocycles. The van der Waals surface area contributed by atoms with E-state index >= 15 is 0 Å². The lowest BCUT2D eigenvalue weighted by atomic mass is 9.82. The highest BCUT2D eigenvalue weighted by Gasteiger charge is 2.24. The molecule has 0 aromatic heterocycles. The zero-order valence-electron chi connectivity index (χ0n) is 11.7. The minimum absolute atomic E-state index is 0.107. The largest absolute Gasteiger partial charge is 0.293 e. The van der Waals surface area contributed by atoms with Crippen LogP contribution in [-0.2, 0) is 0 Å². The van der Waals surface area contributed by atoms with Crippen molar-refractivity contribution in [3.8, 4) is 6.07 Å². The number of nitriles is 1. The van der Waals surface area contributed by atoms with Crippen molar-refractivity contribution in [3.63, 3.8) is 0 Å². The highest BCUT2D eigenvalue weighted by atomic mass is 16.1. The van der Waals surface area contributed by atoms with Crippen molar-refractivity contribution >= 4 is 5.78 Å². The molecular weight excluding hydrogens is 246 g/mol. The topological polar surface area (TPSA) is 40.9 Å². The quantitative estimate of drug-likeness (QED) is 0.776. The molecule has 0 saturated carbocycles. The lowest BCUT2D eigenvalue weighted by Crippen LogP contribution is -2.18. The SMILES string of the molecule is CC(C)C(C(=O)c1ccc(C#N)cc1)c1ccccc1. The predicted octanol–water partition coefficient (Wildman–Crippen LogP) is 4.18. The molecule has 1 unspecified atom stereocenters. The molecule has 0 N–H and O–H groups in total. The van der Waals surface area contributed by atoms with Gasteiger partial charge in [0.2, 0.25) is 0 Å². The van der Waals surface area contributed by atoms with Gasteiger partial charge in [-0.05, 0) is 23.6 Å². The highest BCUT2D eigenvalue weighted by Crippen LogP contribution is 2.28. The Balaban J connectivity index is 2.35. The van der Waals surface area contributed by atoms with Crippen LogP contribution in [0.15, 0.2) is 54.6 Å². The molecule has 100 valence electrons. The third-order valence-corrected chi connectivity index (χ3v) is 3.41. The summed E-state index contributed by atoms with van der Waals surface area (Å²) in [5, 5.41) is 8.81. The minimum Gasteiger partial charge on any atom is -0.293 e. The smallest absolute Gasteiger partial charge is 0.170 e. The maximum Gasteiger partial charge on any atom is 0.170 e. The standard InChI is InChI=1S/C18H17NO/c1-13(2)17(15-6-4-3-5-7-15)18(20)16-10-8-14(12-19)9-11-16/h3-11,13,17H,1-2H3. The Morgan fingerprint density at radius 2 is 1.60 bits per heavy atom. The van der Waals surface area contributed by atoms with Crippen LogP contribution in [0.2, 0.25) is 0 Å². The lowest BCUT2D eigenvalue weighted by molar-refractivity contribution is 0.0938. The van der Waals surface area contributed by atoms with Gasteiger partial charge in [0.15, 0.2) is 5.78 Å². The van der Waals surface area contributed by atoms with Crippen LogP contribution in [0, 0.1) is 17.2 Å². The third kappa shape index (κ3) is 2.95. The van der Waals surface area contributed by atoms with Gasteiger partial charge in [-0.2, -0.15) is 5.26 Å². The Hall–Kier alpha value is -2.40. The van der Waals surface area contributed by atoms with Crippen molar-refractivity contribution in [1.29, 1.82) is 5.26 Å². The molecule has 0 amide bonds. The second kappa shape index (κ2) is 6.16. The van der Waals surface area contributed by atoms with Crippen LogP contribution >= 0.6 is 0 Å². The highest BCUT2D eigenvalue weighted by molar-refractivity contribution is 6.01. The number of carbonyl (C=O) groups excluding carboxylic acids is 1. The van der Waals surface area contributed by atoms with Crippen LogP contribution in [0.5, 0.6) is 0 Å². The zero-order chi connectivity index (χ0) is 14.5. The van der Waals surface area contributed by atoms with E-state index in [4.69, 9.17) is 5.26 Å². The summed E-state index contributed by atoms with van der Waals surface area (Å²) < 4.78 is 0. The van der Waals surface area contributed by atoms with E-state index in [1.54, 1.807) is 24.3 Å². The molecule has 0 aliphatic carbocycles. The molecule has 2 nitrogen and oxygen atoms in total. The second-order valence-electron chi connectivity index (χ2n) is 5.19. The predicted molar refractivity (Wildman–Crippen MR) is 79.5 cm³/mol. The van der Waals surface area contributed by atoms with E-state index in [0.717, 1.165) is 5.56 Å². The molecule has 2 aromatic rings. The molecule has 1 atom stereocenters. The molecule has 2 aromatic carbocycles. The van der Waals surface area contributed by atoms with Crippen LogP contribution in [0.3, 0.4) is 0 Å². The first kappa shape index (κ1) is 14.0. The average Bonchev–Trinajstić information content (AvgIpc) is 2.48. The van der Waals surface area contributed by atoms with E-state index in [9.17, 15) is 4.79 Å². The van der Waals surface area contributed by atoms with Crippen molar-refractivity contribution in [2.75, 3.05) is 0 Å². The Kier molecular flexibility index (Phi) is 4.32. The van der Waals surface area contributed by atoms with Gasteiger partial charge in [-0.25, -0.2) is 0 Å². The number of rotatable bonds is 4. The fraction of sp³-hybridized carbons (Fsp3) is 0.222. The molecule has 0 aliphatic heterocycles. The van der Waals surface area contributed by atoms with Gasteiger partial charge in [0.1, 0.15) is 0 Å². The van der Waals surface area contributed by atoms with Gasteiger partial charge in [-0.1, -0.05) is 56.3 Å². The monoisotopic (exact) mass is 263 g/mol. The Morgan fingerprint density at radius 3 is 2.10 bits per heavy atom. The Labute approximate surface area is 119 Å². The van der Waals surface area contributed by atoms with E-state index in [0.29, 0.717) is 11.1 Å². The summed E-state index contributed by atoms with van der Waals surface area (Å²) in [4.78, 5) is 12.7. The molecule has 0 spiro atoms. The molecule has 0 bridgehead atoms. The number of carbonyl (C=O) groups is 1. The van der Waals surface area contributed by atoms with Crippen molar-refractivity contribution in [1.82, 2.24) is 0 Å². The van der Waals surface area contributed by atoms with Crippen LogP contribution < -0.4 is 0 Å². The van der Waals surface area contributed by atoms with E-state index in [1.807, 2.05) is 30.3 Å². The van der Waals surface area contributed by atoms with Crippen LogP contribution in [0.25, 0.3) is 0 Å². The van der Waals surface area contributed by atoms with E-state index in [2.05, 4.69) is 19.9 Å². The van der Waals surface area contributed by atoms with Crippen molar-refractivity contribution < 1.29 is 4.79 Å². The first-order chi connectivity index (χ1) is 9.63. The fourth-order valence-corrected chi connectivity index (χ4v) is 2.39. The summed E-state index contributed by atoms with van der Waals surface area (Å²) in [6, 6.07) is 18.8. The average molecular weight is 263 g/mol. The second-order valence-corrected chi connectivity index (χ2v) is 5.19. The number of Topliss-reactive ketones (excluding diaryl/α,β-unsaturated/α-hetero) is 1. The van der Waals surface area contributed by atoms with Gasteiger partial charge >= 0.3 is 0 Å². The first-order valence-electron chi connectivity index (χ1n) is 6.73. The van der Waals surface area contributed by atoms with E-state index in [1.165, 1.54) is 0 Å². The molecule has 2 rings (SSSR count). The molecule has 2 heteroatoms. The van der Waals surface area contributed by atoms with Crippen LogP contribution in [-0.4, -0.2) is 5.78 Å². The molecule has 0 fully saturated rings. The van der Waals surface area contributed by atoms with E-state index < -0.39 is 0 Å². The van der Waals surface area contributed by atoms with Crippen molar-refractivity contribution in [2.45, 2.75) is 19.8 Å². The zero-order valence-corrected chi connectivity index (χ0v) is 11.7. The Morgan fingerprint density at radius 1 is 1.00 bits per heavy atom. The molecule has 20 heavy (non-hydrogen) atoms. The van der Waals surface area contributed by atoms with Gasteiger partial charge in [-0.15, -0.1) is 0 Å². The van der Waals surface area contributed by atoms with Gasteiger partial charge in [-0.3, -0.25) is 4.79 Å². The maximum atomic E-state index is 12.7. The van der Waals surface area contributed by atoms with Gasteiger partial charge in [0, 0.05) is 11.5 Å². The minimum atomic E-state index is -0.149. The van der Waals surface area contributed by atoms with Crippen molar-refractivity contribution in [2.24, 2.45) is 5.92 Å². The molecule has 0 heterocycles. The number of ketones is 1. The van der Waals surface area contributed by atoms with Crippen LogP contribution in [0.4, 0.5) is 0 Å². The summed E-state index contributed by atoms with van der Waals surface area (Å²) in [5.41, 5.74) is 2.27. The normalized spacial score (nSPS) is 11.9. The molecule has 0 aliphatic rings. The maximum absolute atomic E-state index is 12.7. The number of nitrogens with zero attached hydrogens (tertiary/aromatic N) is 1. The first-order valence-corrected chi connectivity index (χ1v) is 6.73. The molecule has 0 radical (unpaired) electrons. The summed E-state index contributed by atoms with van der Waals surface area (Å²) in [6.07, 6.45) is 0. The lowest BCUT2D eigenvalue weighted by Gasteiger charge is -2.20. The molecular formula is C18H17NO. The Bertz CT molecular complexity index is 621. The van der Waals surface area contributed by atoms with Crippen molar-refractivity contribution in [3.05, 3.63) is 71.3 Å². The summed E-state index contributed by atoms with van der Waals surface area (Å²) in [5.74, 6) is 0.181. The van der Waals surface area contributed by atoms with Gasteiger partial charge in [0.25, 0.3) is 0 Å². The van der Waals surface area contributed by atoms with Gasteiger partial charge in [0.05, 0.1) is 11.6 Å². The van der Waals surface area contributed by atoms with Crippen LogP contribution in [0.1, 0.15) is 41.3 Å². The third-order valence-electron chi connectivity index (χ3n) is 3.41. The van der Waals surface area contributed by atoms with E-state index in [-0.39, 0.29) is 17.6 Å². The van der Waals surface area contributed by atoms with Gasteiger partial charge < -0.3 is 0 Å². The number of hydrogen-bond donors (Lipinski definition) is 0.